The topological polar surface area (TPSA) is 41.5 Å². The van der Waals surface area contributed by atoms with Gasteiger partial charge in [-0.1, -0.05) is 11.6 Å². The standard InChI is InChI=1S/C16H22ClNO2/c17-14-9-13(15(19)12-5-3-6-18-10-12)8-11-4-1-2-7-20-16(11)14/h8-9,12,15,18-19H,1-7,10H2. The molecule has 3 nitrogen and oxygen atoms in total. The van der Waals surface area contributed by atoms with Crippen molar-refractivity contribution >= 4 is 11.6 Å². The van der Waals surface area contributed by atoms with E-state index in [1.807, 2.05) is 6.07 Å². The summed E-state index contributed by atoms with van der Waals surface area (Å²) in [6, 6.07) is 3.97. The molecule has 2 unspecified atom stereocenters. The van der Waals surface area contributed by atoms with E-state index in [4.69, 9.17) is 16.3 Å². The van der Waals surface area contributed by atoms with Gasteiger partial charge in [0.05, 0.1) is 17.7 Å². The summed E-state index contributed by atoms with van der Waals surface area (Å²) in [4.78, 5) is 0. The molecule has 0 aromatic heterocycles. The molecule has 1 aromatic carbocycles. The molecule has 110 valence electrons. The van der Waals surface area contributed by atoms with Gasteiger partial charge in [-0.15, -0.1) is 0 Å². The van der Waals surface area contributed by atoms with Gasteiger partial charge in [-0.2, -0.15) is 0 Å². The molecule has 0 spiro atoms. The number of piperidine rings is 1. The first-order valence-corrected chi connectivity index (χ1v) is 7.97. The van der Waals surface area contributed by atoms with Crippen LogP contribution in [0.1, 0.15) is 42.9 Å². The zero-order valence-corrected chi connectivity index (χ0v) is 12.5. The van der Waals surface area contributed by atoms with Gasteiger partial charge in [0.15, 0.2) is 0 Å². The number of aliphatic hydroxyl groups excluding tert-OH is 1. The van der Waals surface area contributed by atoms with Crippen molar-refractivity contribution in [2.24, 2.45) is 5.92 Å². The third-order valence-corrected chi connectivity index (χ3v) is 4.63. The average molecular weight is 296 g/mol. The van der Waals surface area contributed by atoms with Crippen molar-refractivity contribution in [2.75, 3.05) is 19.7 Å². The molecule has 2 aliphatic heterocycles. The van der Waals surface area contributed by atoms with Crippen LogP contribution in [0, 0.1) is 5.92 Å². The summed E-state index contributed by atoms with van der Waals surface area (Å²) in [5.41, 5.74) is 2.08. The van der Waals surface area contributed by atoms with E-state index in [1.165, 1.54) is 0 Å². The normalized spacial score (nSPS) is 24.4. The van der Waals surface area contributed by atoms with Gasteiger partial charge in [-0.25, -0.2) is 0 Å². The minimum Gasteiger partial charge on any atom is -0.492 e. The first-order chi connectivity index (χ1) is 9.75. The Morgan fingerprint density at radius 1 is 1.30 bits per heavy atom. The summed E-state index contributed by atoms with van der Waals surface area (Å²) >= 11 is 6.35. The Hall–Kier alpha value is -0.770. The largest absolute Gasteiger partial charge is 0.492 e. The molecule has 3 rings (SSSR count). The number of aryl methyl sites for hydroxylation is 1. The second-order valence-electron chi connectivity index (χ2n) is 5.85. The van der Waals surface area contributed by atoms with Gasteiger partial charge in [-0.05, 0) is 61.9 Å². The lowest BCUT2D eigenvalue weighted by atomic mass is 9.88. The molecular weight excluding hydrogens is 274 g/mol. The van der Waals surface area contributed by atoms with Crippen molar-refractivity contribution in [3.8, 4) is 5.75 Å². The Bertz CT molecular complexity index is 472. The SMILES string of the molecule is OC(c1cc(Cl)c2c(c1)CCCCO2)C1CCCNC1. The van der Waals surface area contributed by atoms with Crippen LogP contribution < -0.4 is 10.1 Å². The highest BCUT2D eigenvalue weighted by molar-refractivity contribution is 6.32. The van der Waals surface area contributed by atoms with Gasteiger partial charge in [0.2, 0.25) is 0 Å². The summed E-state index contributed by atoms with van der Waals surface area (Å²) in [5.74, 6) is 1.10. The van der Waals surface area contributed by atoms with Gasteiger partial charge in [-0.3, -0.25) is 0 Å². The summed E-state index contributed by atoms with van der Waals surface area (Å²) in [6.45, 7) is 2.68. The molecule has 1 fully saturated rings. The van der Waals surface area contributed by atoms with Crippen LogP contribution in [0.2, 0.25) is 5.02 Å². The number of hydrogen-bond donors (Lipinski definition) is 2. The van der Waals surface area contributed by atoms with Crippen LogP contribution in [0.25, 0.3) is 0 Å². The lowest BCUT2D eigenvalue weighted by molar-refractivity contribution is 0.0920. The van der Waals surface area contributed by atoms with Crippen LogP contribution in [0.5, 0.6) is 5.75 Å². The van der Waals surface area contributed by atoms with Gasteiger partial charge >= 0.3 is 0 Å². The first kappa shape index (κ1) is 14.2. The van der Waals surface area contributed by atoms with E-state index in [0.29, 0.717) is 5.02 Å². The van der Waals surface area contributed by atoms with E-state index in [1.54, 1.807) is 0 Å². The van der Waals surface area contributed by atoms with Crippen molar-refractivity contribution in [3.63, 3.8) is 0 Å². The maximum atomic E-state index is 10.6. The second-order valence-corrected chi connectivity index (χ2v) is 6.26. The number of hydrogen-bond acceptors (Lipinski definition) is 3. The highest BCUT2D eigenvalue weighted by Gasteiger charge is 2.25. The van der Waals surface area contributed by atoms with Crippen LogP contribution >= 0.6 is 11.6 Å². The van der Waals surface area contributed by atoms with E-state index in [2.05, 4.69) is 11.4 Å². The number of nitrogens with one attached hydrogen (secondary N) is 1. The third kappa shape index (κ3) is 2.95. The molecule has 1 saturated heterocycles. The minimum absolute atomic E-state index is 0.282. The van der Waals surface area contributed by atoms with Crippen molar-refractivity contribution in [3.05, 3.63) is 28.3 Å². The molecule has 0 bridgehead atoms. The van der Waals surface area contributed by atoms with Crippen molar-refractivity contribution in [1.82, 2.24) is 5.32 Å². The van der Waals surface area contributed by atoms with Crippen LogP contribution in [-0.4, -0.2) is 24.8 Å². The molecule has 2 N–H and O–H groups in total. The fourth-order valence-corrected chi connectivity index (χ4v) is 3.51. The molecule has 1 aromatic rings. The number of halogens is 1. The maximum absolute atomic E-state index is 10.6. The lowest BCUT2D eigenvalue weighted by Gasteiger charge is -2.28. The number of fused-ring (bicyclic) bond motifs is 1. The van der Waals surface area contributed by atoms with Gasteiger partial charge in [0.25, 0.3) is 0 Å². The van der Waals surface area contributed by atoms with Crippen molar-refractivity contribution in [1.29, 1.82) is 0 Å². The molecule has 20 heavy (non-hydrogen) atoms. The Labute approximate surface area is 125 Å². The molecule has 0 amide bonds. The van der Waals surface area contributed by atoms with Gasteiger partial charge in [0, 0.05) is 12.5 Å². The maximum Gasteiger partial charge on any atom is 0.141 e. The number of ether oxygens (including phenoxy) is 1. The van der Waals surface area contributed by atoms with Crippen LogP contribution in [-0.2, 0) is 6.42 Å². The fraction of sp³-hybridized carbons (Fsp3) is 0.625. The molecule has 4 heteroatoms. The predicted molar refractivity (Wildman–Crippen MR) is 80.4 cm³/mol. The summed E-state index contributed by atoms with van der Waals surface area (Å²) in [6.07, 6.45) is 4.93. The van der Waals surface area contributed by atoms with E-state index in [0.717, 1.165) is 68.7 Å². The predicted octanol–water partition coefficient (Wildman–Crippen LogP) is 3.09. The second kappa shape index (κ2) is 6.33. The molecule has 2 aliphatic rings. The van der Waals surface area contributed by atoms with Crippen molar-refractivity contribution in [2.45, 2.75) is 38.2 Å². The van der Waals surface area contributed by atoms with Crippen molar-refractivity contribution < 1.29 is 9.84 Å². The molecule has 2 heterocycles. The zero-order chi connectivity index (χ0) is 13.9. The molecule has 2 atom stereocenters. The summed E-state index contributed by atoms with van der Waals surface area (Å²) < 4.78 is 5.73. The number of rotatable bonds is 2. The van der Waals surface area contributed by atoms with Gasteiger partial charge in [0.1, 0.15) is 5.75 Å². The van der Waals surface area contributed by atoms with Crippen LogP contribution in [0.3, 0.4) is 0 Å². The highest BCUT2D eigenvalue weighted by atomic mass is 35.5. The number of benzene rings is 1. The highest BCUT2D eigenvalue weighted by Crippen LogP contribution is 2.37. The molecule has 0 saturated carbocycles. The Balaban J connectivity index is 1.86. The smallest absolute Gasteiger partial charge is 0.141 e. The third-order valence-electron chi connectivity index (χ3n) is 4.35. The van der Waals surface area contributed by atoms with E-state index in [-0.39, 0.29) is 5.92 Å². The Morgan fingerprint density at radius 3 is 3.00 bits per heavy atom. The molecule has 0 aliphatic carbocycles. The lowest BCUT2D eigenvalue weighted by Crippen LogP contribution is -2.33. The number of aliphatic hydroxyl groups is 1. The quantitative estimate of drug-likeness (QED) is 0.881. The fourth-order valence-electron chi connectivity index (χ4n) is 3.20. The molecular formula is C16H22ClNO2. The minimum atomic E-state index is -0.436. The Morgan fingerprint density at radius 2 is 2.20 bits per heavy atom. The average Bonchev–Trinajstić information content (AvgIpc) is 2.73. The van der Waals surface area contributed by atoms with E-state index >= 15 is 0 Å². The monoisotopic (exact) mass is 295 g/mol. The van der Waals surface area contributed by atoms with E-state index in [9.17, 15) is 5.11 Å². The van der Waals surface area contributed by atoms with Gasteiger partial charge < -0.3 is 15.2 Å². The first-order valence-electron chi connectivity index (χ1n) is 7.59. The van der Waals surface area contributed by atoms with E-state index < -0.39 is 6.10 Å². The zero-order valence-electron chi connectivity index (χ0n) is 11.7. The summed E-state index contributed by atoms with van der Waals surface area (Å²) in [5, 5.41) is 14.6. The summed E-state index contributed by atoms with van der Waals surface area (Å²) in [7, 11) is 0. The van der Waals surface area contributed by atoms with Crippen LogP contribution in [0.15, 0.2) is 12.1 Å². The Kier molecular flexibility index (Phi) is 4.49. The molecule has 0 radical (unpaired) electrons. The van der Waals surface area contributed by atoms with Crippen LogP contribution in [0.4, 0.5) is 0 Å².